The molecule has 0 radical (unpaired) electrons. The number of hydrogen-bond acceptors (Lipinski definition) is 6. The topological polar surface area (TPSA) is 109 Å². The first-order chi connectivity index (χ1) is 14.5. The summed E-state index contributed by atoms with van der Waals surface area (Å²) >= 11 is 6.01. The minimum absolute atomic E-state index is 0.0709. The molecule has 0 saturated heterocycles. The number of nitrogens with one attached hydrogen (secondary N) is 2. The Morgan fingerprint density at radius 1 is 1.23 bits per heavy atom. The molecule has 30 heavy (non-hydrogen) atoms. The number of H-pyrrole nitrogens is 1. The summed E-state index contributed by atoms with van der Waals surface area (Å²) in [5, 5.41) is 15.5. The number of ether oxygens (including phenoxy) is 1. The van der Waals surface area contributed by atoms with Gasteiger partial charge in [-0.1, -0.05) is 35.9 Å². The van der Waals surface area contributed by atoms with Gasteiger partial charge in [0.25, 0.3) is 5.56 Å². The maximum atomic E-state index is 12.5. The highest BCUT2D eigenvalue weighted by molar-refractivity contribution is 6.30. The average Bonchev–Trinajstić information content (AvgIpc) is 3.18. The second-order valence-corrected chi connectivity index (χ2v) is 7.12. The smallest absolute Gasteiger partial charge is 0.335 e. The molecular weight excluding hydrogens is 408 g/mol. The summed E-state index contributed by atoms with van der Waals surface area (Å²) < 4.78 is 6.67. The zero-order valence-electron chi connectivity index (χ0n) is 16.1. The lowest BCUT2D eigenvalue weighted by molar-refractivity contribution is 0.332. The van der Waals surface area contributed by atoms with Crippen molar-refractivity contribution in [2.45, 2.75) is 19.4 Å². The number of aromatic nitrogens is 2. The molecule has 1 atom stereocenters. The first-order valence-electron chi connectivity index (χ1n) is 9.38. The van der Waals surface area contributed by atoms with Crippen molar-refractivity contribution in [3.8, 4) is 17.3 Å². The van der Waals surface area contributed by atoms with Crippen molar-refractivity contribution >= 4 is 17.3 Å². The van der Waals surface area contributed by atoms with E-state index in [0.29, 0.717) is 29.4 Å². The molecule has 9 heteroatoms. The number of halogens is 1. The second-order valence-electron chi connectivity index (χ2n) is 6.69. The Bertz CT molecular complexity index is 1250. The summed E-state index contributed by atoms with van der Waals surface area (Å²) in [6.45, 7) is 2.42. The van der Waals surface area contributed by atoms with Crippen LogP contribution in [0, 0.1) is 0 Å². The minimum Gasteiger partial charge on any atom is -0.494 e. The van der Waals surface area contributed by atoms with Crippen molar-refractivity contribution in [1.29, 1.82) is 0 Å². The molecular formula is C21H19ClN4O4. The quantitative estimate of drug-likeness (QED) is 0.581. The molecule has 3 aromatic rings. The molecule has 0 bridgehead atoms. The predicted molar refractivity (Wildman–Crippen MR) is 114 cm³/mol. The van der Waals surface area contributed by atoms with E-state index in [1.54, 1.807) is 18.2 Å². The number of aromatic hydroxyl groups is 1. The lowest BCUT2D eigenvalue weighted by Crippen LogP contribution is -2.33. The molecule has 8 nitrogen and oxygen atoms in total. The highest BCUT2D eigenvalue weighted by Gasteiger charge is 2.29. The molecule has 0 unspecified atom stereocenters. The highest BCUT2D eigenvalue weighted by Crippen LogP contribution is 2.32. The van der Waals surface area contributed by atoms with E-state index < -0.39 is 17.1 Å². The van der Waals surface area contributed by atoms with Gasteiger partial charge in [0.1, 0.15) is 11.3 Å². The van der Waals surface area contributed by atoms with Crippen molar-refractivity contribution in [3.05, 3.63) is 85.5 Å². The average molecular weight is 427 g/mol. The zero-order chi connectivity index (χ0) is 21.3. The van der Waals surface area contributed by atoms with E-state index in [1.165, 1.54) is 6.07 Å². The normalized spacial score (nSPS) is 15.5. The van der Waals surface area contributed by atoms with E-state index in [1.807, 2.05) is 31.2 Å². The number of nitrogens with zero attached hydrogens (tertiary/aromatic N) is 2. The highest BCUT2D eigenvalue weighted by atomic mass is 35.5. The molecule has 1 aromatic heterocycles. The Labute approximate surface area is 176 Å². The zero-order valence-corrected chi connectivity index (χ0v) is 16.8. The molecule has 3 N–H and O–H groups in total. The van der Waals surface area contributed by atoms with Crippen LogP contribution < -0.4 is 21.4 Å². The fourth-order valence-corrected chi connectivity index (χ4v) is 3.66. The number of para-hydroxylation sites is 1. The largest absolute Gasteiger partial charge is 0.494 e. The summed E-state index contributed by atoms with van der Waals surface area (Å²) in [4.78, 5) is 27.1. The van der Waals surface area contributed by atoms with Gasteiger partial charge in [-0.25, -0.2) is 9.36 Å². The van der Waals surface area contributed by atoms with Crippen molar-refractivity contribution in [2.75, 3.05) is 6.61 Å². The summed E-state index contributed by atoms with van der Waals surface area (Å²) in [5.74, 6) is 0.223. The van der Waals surface area contributed by atoms with Crippen LogP contribution >= 0.6 is 11.6 Å². The van der Waals surface area contributed by atoms with Gasteiger partial charge in [0, 0.05) is 17.0 Å². The third-order valence-electron chi connectivity index (χ3n) is 4.79. The third kappa shape index (κ3) is 3.57. The molecule has 1 aliphatic heterocycles. The molecule has 154 valence electrons. The fraction of sp³-hybridized carbons (Fsp3) is 0.190. The van der Waals surface area contributed by atoms with Crippen molar-refractivity contribution in [1.82, 2.24) is 15.0 Å². The molecule has 0 saturated carbocycles. The van der Waals surface area contributed by atoms with Crippen LogP contribution in [-0.2, 0) is 0 Å². The lowest BCUT2D eigenvalue weighted by atomic mass is 9.99. The minimum atomic E-state index is -0.770. The first kappa shape index (κ1) is 19.8. The maximum Gasteiger partial charge on any atom is 0.335 e. The van der Waals surface area contributed by atoms with E-state index in [4.69, 9.17) is 16.3 Å². The van der Waals surface area contributed by atoms with Crippen molar-refractivity contribution in [2.24, 2.45) is 5.10 Å². The molecule has 0 amide bonds. The van der Waals surface area contributed by atoms with E-state index in [-0.39, 0.29) is 11.6 Å². The van der Waals surface area contributed by atoms with Crippen LogP contribution in [0.2, 0.25) is 5.02 Å². The van der Waals surface area contributed by atoms with Gasteiger partial charge in [-0.05, 0) is 31.2 Å². The van der Waals surface area contributed by atoms with Crippen LogP contribution in [0.5, 0.6) is 11.6 Å². The van der Waals surface area contributed by atoms with Gasteiger partial charge < -0.3 is 15.3 Å². The molecule has 4 rings (SSSR count). The predicted octanol–water partition coefficient (Wildman–Crippen LogP) is 2.72. The van der Waals surface area contributed by atoms with E-state index in [2.05, 4.69) is 15.5 Å². The van der Waals surface area contributed by atoms with E-state index in [9.17, 15) is 14.7 Å². The van der Waals surface area contributed by atoms with E-state index in [0.717, 1.165) is 15.9 Å². The van der Waals surface area contributed by atoms with Gasteiger partial charge in [0.2, 0.25) is 5.88 Å². The lowest BCUT2D eigenvalue weighted by Gasteiger charge is -2.15. The molecule has 0 spiro atoms. The number of benzene rings is 2. The SMILES string of the molecule is CCOc1ccccc1[C@H]1CC(c2c(O)n(-c3cccc(Cl)c3)c(=O)[nH]c2=O)=NN1. The van der Waals surface area contributed by atoms with Gasteiger partial charge in [0.05, 0.1) is 24.0 Å². The van der Waals surface area contributed by atoms with Crippen LogP contribution in [0.25, 0.3) is 5.69 Å². The van der Waals surface area contributed by atoms with Crippen molar-refractivity contribution in [3.63, 3.8) is 0 Å². The number of rotatable bonds is 5. The van der Waals surface area contributed by atoms with Crippen molar-refractivity contribution < 1.29 is 9.84 Å². The number of hydrogen-bond donors (Lipinski definition) is 3. The second kappa shape index (κ2) is 8.08. The molecule has 2 heterocycles. The number of hydrazone groups is 1. The van der Waals surface area contributed by atoms with Crippen LogP contribution in [0.4, 0.5) is 0 Å². The summed E-state index contributed by atoms with van der Waals surface area (Å²) in [6, 6.07) is 13.7. The molecule has 2 aromatic carbocycles. The Morgan fingerprint density at radius 3 is 2.80 bits per heavy atom. The van der Waals surface area contributed by atoms with Gasteiger partial charge in [-0.15, -0.1) is 0 Å². The van der Waals surface area contributed by atoms with Gasteiger partial charge in [0.15, 0.2) is 0 Å². The standard InChI is InChI=1S/C21H19ClN4O4/c1-2-30-17-9-4-3-8-14(17)15-11-16(25-24-15)18-19(27)23-21(29)26(20(18)28)13-7-5-6-12(22)10-13/h3-10,15,24,28H,2,11H2,1H3,(H,23,27,29)/t15-/m1/s1. The number of aromatic amines is 1. The van der Waals surface area contributed by atoms with E-state index >= 15 is 0 Å². The summed E-state index contributed by atoms with van der Waals surface area (Å²) in [6.07, 6.45) is 0.328. The van der Waals surface area contributed by atoms with Crippen LogP contribution in [0.3, 0.4) is 0 Å². The van der Waals surface area contributed by atoms with Gasteiger partial charge in [-0.2, -0.15) is 5.10 Å². The molecule has 0 aliphatic carbocycles. The third-order valence-corrected chi connectivity index (χ3v) is 5.02. The van der Waals surface area contributed by atoms with Gasteiger partial charge in [-0.3, -0.25) is 9.78 Å². The Kier molecular flexibility index (Phi) is 5.33. The summed E-state index contributed by atoms with van der Waals surface area (Å²) in [5.41, 5.74) is 2.99. The molecule has 0 fully saturated rings. The monoisotopic (exact) mass is 426 g/mol. The Balaban J connectivity index is 1.73. The fourth-order valence-electron chi connectivity index (χ4n) is 3.47. The van der Waals surface area contributed by atoms with Crippen LogP contribution in [0.1, 0.15) is 30.5 Å². The summed E-state index contributed by atoms with van der Waals surface area (Å²) in [7, 11) is 0. The van der Waals surface area contributed by atoms with Crippen LogP contribution in [0.15, 0.2) is 63.2 Å². The van der Waals surface area contributed by atoms with Gasteiger partial charge >= 0.3 is 5.69 Å². The maximum absolute atomic E-state index is 12.5. The Morgan fingerprint density at radius 2 is 2.03 bits per heavy atom. The first-order valence-corrected chi connectivity index (χ1v) is 9.75. The molecule has 1 aliphatic rings. The Hall–Kier alpha value is -3.52. The van der Waals surface area contributed by atoms with Crippen LogP contribution in [-0.4, -0.2) is 27.0 Å².